The molecule has 0 spiro atoms. The van der Waals surface area contributed by atoms with Crippen LogP contribution >= 0.6 is 0 Å². The van der Waals surface area contributed by atoms with Crippen LogP contribution in [0.2, 0.25) is 0 Å². The zero-order valence-electron chi connectivity index (χ0n) is 14.4. The fourth-order valence-corrected chi connectivity index (χ4v) is 2.31. The van der Waals surface area contributed by atoms with E-state index in [-0.39, 0.29) is 11.8 Å². The third-order valence-corrected chi connectivity index (χ3v) is 3.65. The number of aromatic nitrogens is 2. The van der Waals surface area contributed by atoms with Crippen molar-refractivity contribution in [3.8, 4) is 11.5 Å². The fourth-order valence-electron chi connectivity index (χ4n) is 2.31. The molecule has 3 aromatic rings. The highest BCUT2D eigenvalue weighted by Gasteiger charge is 2.10. The molecule has 0 saturated heterocycles. The third-order valence-electron chi connectivity index (χ3n) is 3.65. The minimum atomic E-state index is -0.253. The topological polar surface area (TPSA) is 97.1 Å². The second-order valence-electron chi connectivity index (χ2n) is 5.66. The van der Waals surface area contributed by atoms with Gasteiger partial charge in [-0.3, -0.25) is 9.59 Å². The van der Waals surface area contributed by atoms with Crippen LogP contribution in [0, 0.1) is 6.92 Å². The van der Waals surface area contributed by atoms with Crippen molar-refractivity contribution >= 4 is 23.2 Å². The number of aryl methyl sites for hydroxylation is 1. The van der Waals surface area contributed by atoms with E-state index in [1.54, 1.807) is 62.4 Å². The normalized spacial score (nSPS) is 10.4. The second kappa shape index (κ2) is 7.60. The summed E-state index contributed by atoms with van der Waals surface area (Å²) in [6.45, 7) is 3.52. The average Bonchev–Trinajstić information content (AvgIpc) is 3.08. The van der Waals surface area contributed by atoms with Gasteiger partial charge >= 0.3 is 0 Å². The van der Waals surface area contributed by atoms with Gasteiger partial charge in [0.05, 0.1) is 0 Å². The predicted molar refractivity (Wildman–Crippen MR) is 97.8 cm³/mol. The molecule has 0 atom stereocenters. The molecule has 1 aromatic heterocycles. The zero-order valence-corrected chi connectivity index (χ0v) is 14.4. The lowest BCUT2D eigenvalue weighted by atomic mass is 10.1. The molecule has 0 saturated carbocycles. The molecule has 0 aliphatic carbocycles. The molecule has 0 unspecified atom stereocenters. The molecule has 0 aliphatic rings. The van der Waals surface area contributed by atoms with Crippen LogP contribution in [0.15, 0.2) is 53.1 Å². The Kier molecular flexibility index (Phi) is 5.07. The molecule has 7 nitrogen and oxygen atoms in total. The molecule has 3 rings (SSSR count). The van der Waals surface area contributed by atoms with Crippen molar-refractivity contribution in [1.82, 2.24) is 10.1 Å². The Bertz CT molecular complexity index is 932. The van der Waals surface area contributed by atoms with E-state index in [0.29, 0.717) is 35.1 Å². The first kappa shape index (κ1) is 17.3. The summed E-state index contributed by atoms with van der Waals surface area (Å²) >= 11 is 0. The van der Waals surface area contributed by atoms with Gasteiger partial charge in [0.25, 0.3) is 11.8 Å². The van der Waals surface area contributed by atoms with Crippen LogP contribution in [-0.2, 0) is 4.79 Å². The molecular formula is C19H18N4O3. The lowest BCUT2D eigenvalue weighted by Crippen LogP contribution is -2.13. The summed E-state index contributed by atoms with van der Waals surface area (Å²) in [5.41, 5.74) is 2.47. The van der Waals surface area contributed by atoms with Crippen molar-refractivity contribution in [2.24, 2.45) is 0 Å². The highest BCUT2D eigenvalue weighted by molar-refractivity contribution is 6.04. The monoisotopic (exact) mass is 350 g/mol. The maximum absolute atomic E-state index is 12.4. The van der Waals surface area contributed by atoms with Crippen molar-refractivity contribution in [2.45, 2.75) is 20.3 Å². The number of nitrogens with zero attached hydrogens (tertiary/aromatic N) is 2. The first-order valence-electron chi connectivity index (χ1n) is 8.17. The number of amides is 2. The molecule has 2 aromatic carbocycles. The first-order valence-corrected chi connectivity index (χ1v) is 8.17. The molecule has 2 N–H and O–H groups in total. The molecule has 0 bridgehead atoms. The first-order chi connectivity index (χ1) is 12.5. The number of benzene rings is 2. The highest BCUT2D eigenvalue weighted by Crippen LogP contribution is 2.19. The number of hydrogen-bond donors (Lipinski definition) is 2. The van der Waals surface area contributed by atoms with Crippen LogP contribution in [-0.4, -0.2) is 22.0 Å². The van der Waals surface area contributed by atoms with E-state index in [1.807, 2.05) is 0 Å². The van der Waals surface area contributed by atoms with E-state index < -0.39 is 0 Å². The van der Waals surface area contributed by atoms with E-state index in [2.05, 4.69) is 20.8 Å². The summed E-state index contributed by atoms with van der Waals surface area (Å²) in [7, 11) is 0. The summed E-state index contributed by atoms with van der Waals surface area (Å²) in [4.78, 5) is 28.0. The Labute approximate surface area is 150 Å². The lowest BCUT2D eigenvalue weighted by molar-refractivity contribution is -0.115. The summed E-state index contributed by atoms with van der Waals surface area (Å²) in [6, 6.07) is 13.9. The van der Waals surface area contributed by atoms with Crippen LogP contribution in [0.3, 0.4) is 0 Å². The van der Waals surface area contributed by atoms with Crippen LogP contribution in [0.5, 0.6) is 0 Å². The number of nitrogens with one attached hydrogen (secondary N) is 2. The number of hydrogen-bond acceptors (Lipinski definition) is 5. The summed E-state index contributed by atoms with van der Waals surface area (Å²) in [5, 5.41) is 9.32. The number of carbonyl (C=O) groups is 2. The lowest BCUT2D eigenvalue weighted by Gasteiger charge is -2.08. The summed E-state index contributed by atoms with van der Waals surface area (Å²) in [6.07, 6.45) is 0.391. The van der Waals surface area contributed by atoms with Gasteiger partial charge in [-0.2, -0.15) is 4.98 Å². The second-order valence-corrected chi connectivity index (χ2v) is 5.66. The standard InChI is InChI=1S/C19H18N4O3/c1-3-17(24)21-15-5-4-6-16(11-15)22-18(25)13-7-9-14(10-8-13)19-20-12(2)23-26-19/h4-11H,3H2,1-2H3,(H,21,24)(H,22,25). The molecule has 0 aliphatic heterocycles. The van der Waals surface area contributed by atoms with Gasteiger partial charge in [0.1, 0.15) is 0 Å². The van der Waals surface area contributed by atoms with Gasteiger partial charge in [-0.15, -0.1) is 0 Å². The summed E-state index contributed by atoms with van der Waals surface area (Å²) in [5.74, 6) is 0.628. The van der Waals surface area contributed by atoms with Crippen molar-refractivity contribution in [2.75, 3.05) is 10.6 Å². The van der Waals surface area contributed by atoms with Gasteiger partial charge in [0.2, 0.25) is 5.91 Å². The van der Waals surface area contributed by atoms with Gasteiger partial charge in [-0.25, -0.2) is 0 Å². The smallest absolute Gasteiger partial charge is 0.257 e. The average molecular weight is 350 g/mol. The maximum atomic E-state index is 12.4. The summed E-state index contributed by atoms with van der Waals surface area (Å²) < 4.78 is 5.10. The van der Waals surface area contributed by atoms with E-state index in [4.69, 9.17) is 4.52 Å². The zero-order chi connectivity index (χ0) is 18.5. The van der Waals surface area contributed by atoms with Gasteiger partial charge in [0.15, 0.2) is 5.82 Å². The minimum absolute atomic E-state index is 0.0830. The van der Waals surface area contributed by atoms with Crippen molar-refractivity contribution in [1.29, 1.82) is 0 Å². The SMILES string of the molecule is CCC(=O)Nc1cccc(NC(=O)c2ccc(-c3nc(C)no3)cc2)c1. The van der Waals surface area contributed by atoms with E-state index >= 15 is 0 Å². The molecular weight excluding hydrogens is 332 g/mol. The van der Waals surface area contributed by atoms with E-state index in [1.165, 1.54) is 0 Å². The number of carbonyl (C=O) groups excluding carboxylic acids is 2. The van der Waals surface area contributed by atoms with Crippen LogP contribution < -0.4 is 10.6 Å². The Morgan fingerprint density at radius 2 is 1.73 bits per heavy atom. The van der Waals surface area contributed by atoms with Gasteiger partial charge < -0.3 is 15.2 Å². The van der Waals surface area contributed by atoms with Crippen LogP contribution in [0.1, 0.15) is 29.5 Å². The van der Waals surface area contributed by atoms with Crippen LogP contribution in [0.25, 0.3) is 11.5 Å². The fraction of sp³-hybridized carbons (Fsp3) is 0.158. The van der Waals surface area contributed by atoms with Crippen molar-refractivity contribution in [3.63, 3.8) is 0 Å². The molecule has 1 heterocycles. The Hall–Kier alpha value is -3.48. The predicted octanol–water partition coefficient (Wildman–Crippen LogP) is 3.65. The van der Waals surface area contributed by atoms with Gasteiger partial charge in [-0.1, -0.05) is 18.1 Å². The maximum Gasteiger partial charge on any atom is 0.257 e. The molecule has 2 amide bonds. The van der Waals surface area contributed by atoms with Crippen molar-refractivity contribution in [3.05, 3.63) is 59.9 Å². The van der Waals surface area contributed by atoms with E-state index in [9.17, 15) is 9.59 Å². The minimum Gasteiger partial charge on any atom is -0.334 e. The Morgan fingerprint density at radius 3 is 2.35 bits per heavy atom. The quantitative estimate of drug-likeness (QED) is 0.732. The van der Waals surface area contributed by atoms with Crippen LogP contribution in [0.4, 0.5) is 11.4 Å². The molecule has 0 radical (unpaired) electrons. The molecule has 26 heavy (non-hydrogen) atoms. The van der Waals surface area contributed by atoms with E-state index in [0.717, 1.165) is 5.56 Å². The Balaban J connectivity index is 1.70. The third kappa shape index (κ3) is 4.13. The van der Waals surface area contributed by atoms with Crippen molar-refractivity contribution < 1.29 is 14.1 Å². The Morgan fingerprint density at radius 1 is 1.04 bits per heavy atom. The largest absolute Gasteiger partial charge is 0.334 e. The van der Waals surface area contributed by atoms with Gasteiger partial charge in [-0.05, 0) is 49.4 Å². The molecule has 132 valence electrons. The molecule has 0 fully saturated rings. The molecule has 7 heteroatoms. The highest BCUT2D eigenvalue weighted by atomic mass is 16.5. The number of rotatable bonds is 5. The number of anilines is 2. The van der Waals surface area contributed by atoms with Gasteiger partial charge in [0, 0.05) is 28.9 Å².